The Labute approximate surface area is 157 Å². The van der Waals surface area contributed by atoms with E-state index in [0.717, 1.165) is 55.0 Å². The van der Waals surface area contributed by atoms with Gasteiger partial charge in [-0.1, -0.05) is 19.1 Å². The van der Waals surface area contributed by atoms with E-state index in [1.807, 2.05) is 38.2 Å². The fourth-order valence-corrected chi connectivity index (χ4v) is 3.32. The first kappa shape index (κ1) is 20.2. The number of nitrogens with one attached hydrogen (secondary N) is 2. The van der Waals surface area contributed by atoms with Crippen molar-refractivity contribution in [1.82, 2.24) is 15.5 Å². The van der Waals surface area contributed by atoms with Gasteiger partial charge in [0.2, 0.25) is 0 Å². The molecule has 1 aromatic carbocycles. The largest absolute Gasteiger partial charge is 0.391 e. The summed E-state index contributed by atoms with van der Waals surface area (Å²) in [4.78, 5) is 19.4. The molecule has 1 fully saturated rings. The van der Waals surface area contributed by atoms with E-state index >= 15 is 0 Å². The molecule has 0 bridgehead atoms. The first-order chi connectivity index (χ1) is 12.5. The van der Waals surface area contributed by atoms with Gasteiger partial charge in [0, 0.05) is 50.1 Å². The van der Waals surface area contributed by atoms with Crippen LogP contribution in [0.2, 0.25) is 0 Å². The van der Waals surface area contributed by atoms with E-state index in [1.54, 1.807) is 7.05 Å². The molecule has 1 aliphatic rings. The van der Waals surface area contributed by atoms with E-state index in [2.05, 4.69) is 34.4 Å². The first-order valence-electron chi connectivity index (χ1n) is 9.46. The van der Waals surface area contributed by atoms with Gasteiger partial charge in [0.1, 0.15) is 0 Å². The van der Waals surface area contributed by atoms with Crippen molar-refractivity contribution in [3.05, 3.63) is 46.7 Å². The molecule has 1 saturated heterocycles. The molecule has 2 rings (SSSR count). The number of hydrogen-bond donors (Lipinski definition) is 2. The Morgan fingerprint density at radius 3 is 2.23 bits per heavy atom. The van der Waals surface area contributed by atoms with Gasteiger partial charge in [-0.15, -0.1) is 0 Å². The van der Waals surface area contributed by atoms with Crippen LogP contribution in [-0.2, 0) is 0 Å². The van der Waals surface area contributed by atoms with Crippen molar-refractivity contribution in [2.75, 3.05) is 33.7 Å². The number of carbonyl (C=O) groups excluding carboxylic acids is 1. The van der Waals surface area contributed by atoms with Crippen molar-refractivity contribution in [1.29, 1.82) is 0 Å². The molecule has 5 heteroatoms. The second-order valence-electron chi connectivity index (χ2n) is 6.83. The quantitative estimate of drug-likeness (QED) is 0.771. The second kappa shape index (κ2) is 9.53. The summed E-state index contributed by atoms with van der Waals surface area (Å²) >= 11 is 0. The van der Waals surface area contributed by atoms with E-state index in [0.29, 0.717) is 5.56 Å². The Hall–Kier alpha value is -2.14. The minimum atomic E-state index is 0.0140. The normalized spacial score (nSPS) is 17.7. The van der Waals surface area contributed by atoms with Crippen molar-refractivity contribution < 1.29 is 4.79 Å². The van der Waals surface area contributed by atoms with E-state index in [9.17, 15) is 4.79 Å². The highest BCUT2D eigenvalue weighted by atomic mass is 16.1. The summed E-state index contributed by atoms with van der Waals surface area (Å²) < 4.78 is 0. The molecule has 1 aromatic rings. The van der Waals surface area contributed by atoms with Gasteiger partial charge in [0.25, 0.3) is 5.91 Å². The van der Waals surface area contributed by atoms with Gasteiger partial charge in [0.05, 0.1) is 5.71 Å². The van der Waals surface area contributed by atoms with Gasteiger partial charge in [-0.2, -0.15) is 0 Å². The van der Waals surface area contributed by atoms with E-state index in [-0.39, 0.29) is 11.9 Å². The van der Waals surface area contributed by atoms with Gasteiger partial charge in [-0.05, 0) is 50.9 Å². The minimum absolute atomic E-state index is 0.0140. The summed E-state index contributed by atoms with van der Waals surface area (Å²) in [5.74, 6) is 0.0140. The van der Waals surface area contributed by atoms with Gasteiger partial charge in [-0.3, -0.25) is 9.79 Å². The number of carbonyl (C=O) groups is 1. The molecule has 1 amide bonds. The van der Waals surface area contributed by atoms with Crippen molar-refractivity contribution >= 4 is 11.6 Å². The van der Waals surface area contributed by atoms with Crippen molar-refractivity contribution in [3.8, 4) is 0 Å². The Bertz CT molecular complexity index is 668. The Morgan fingerprint density at radius 1 is 1.15 bits per heavy atom. The SMILES string of the molecule is CCN1CCC(NC(=O)c2ccc(C(=N/C)/C(C)=C(\C)NC)cc2)CC1. The molecule has 142 valence electrons. The van der Waals surface area contributed by atoms with Crippen molar-refractivity contribution in [2.24, 2.45) is 4.99 Å². The van der Waals surface area contributed by atoms with Gasteiger partial charge in [0.15, 0.2) is 0 Å². The van der Waals surface area contributed by atoms with Crippen molar-refractivity contribution in [2.45, 2.75) is 39.7 Å². The number of likely N-dealkylation sites (tertiary alicyclic amines) is 1. The van der Waals surface area contributed by atoms with E-state index in [1.165, 1.54) is 0 Å². The highest BCUT2D eigenvalue weighted by Crippen LogP contribution is 2.15. The number of allylic oxidation sites excluding steroid dienone is 2. The zero-order valence-electron chi connectivity index (χ0n) is 16.7. The number of amides is 1. The lowest BCUT2D eigenvalue weighted by atomic mass is 10.00. The third-order valence-electron chi connectivity index (χ3n) is 5.31. The number of nitrogens with zero attached hydrogens (tertiary/aromatic N) is 2. The summed E-state index contributed by atoms with van der Waals surface area (Å²) in [6.07, 6.45) is 2.05. The summed E-state index contributed by atoms with van der Waals surface area (Å²) in [5, 5.41) is 6.34. The number of benzene rings is 1. The van der Waals surface area contributed by atoms with Crippen LogP contribution in [0.4, 0.5) is 0 Å². The molecule has 0 saturated carbocycles. The fraction of sp³-hybridized carbons (Fsp3) is 0.524. The number of piperidine rings is 1. The molecule has 0 radical (unpaired) electrons. The average Bonchev–Trinajstić information content (AvgIpc) is 2.68. The lowest BCUT2D eigenvalue weighted by Gasteiger charge is -2.31. The first-order valence-corrected chi connectivity index (χ1v) is 9.46. The molecular formula is C21H32N4O. The molecule has 0 atom stereocenters. The van der Waals surface area contributed by atoms with Crippen LogP contribution in [0.1, 0.15) is 49.5 Å². The summed E-state index contributed by atoms with van der Waals surface area (Å²) in [6, 6.07) is 8.01. The summed E-state index contributed by atoms with van der Waals surface area (Å²) in [6.45, 7) is 9.48. The molecule has 2 N–H and O–H groups in total. The average molecular weight is 357 g/mol. The Kier molecular flexibility index (Phi) is 7.39. The van der Waals surface area contributed by atoms with Crippen LogP contribution in [0.5, 0.6) is 0 Å². The van der Waals surface area contributed by atoms with Crippen LogP contribution in [0.15, 0.2) is 40.5 Å². The predicted molar refractivity (Wildman–Crippen MR) is 109 cm³/mol. The second-order valence-corrected chi connectivity index (χ2v) is 6.83. The summed E-state index contributed by atoms with van der Waals surface area (Å²) in [7, 11) is 3.70. The third kappa shape index (κ3) is 4.94. The lowest BCUT2D eigenvalue weighted by Crippen LogP contribution is -2.44. The lowest BCUT2D eigenvalue weighted by molar-refractivity contribution is 0.0912. The predicted octanol–water partition coefficient (Wildman–Crippen LogP) is 2.83. The van der Waals surface area contributed by atoms with Crippen LogP contribution in [0.3, 0.4) is 0 Å². The molecule has 0 unspecified atom stereocenters. The maximum absolute atomic E-state index is 12.5. The highest BCUT2D eigenvalue weighted by molar-refractivity contribution is 6.12. The molecule has 1 aliphatic heterocycles. The molecule has 0 aliphatic carbocycles. The van der Waals surface area contributed by atoms with Gasteiger partial charge >= 0.3 is 0 Å². The van der Waals surface area contributed by atoms with Crippen LogP contribution in [0.25, 0.3) is 0 Å². The molecular weight excluding hydrogens is 324 g/mol. The standard InChI is InChI=1S/C21H32N4O/c1-6-25-13-11-19(12-14-25)24-21(26)18-9-7-17(8-10-18)20(23-5)15(2)16(3)22-4/h7-10,19,22H,6,11-14H2,1-5H3,(H,24,26)/b16-15+,23-20+. The number of hydrogen-bond acceptors (Lipinski definition) is 4. The maximum atomic E-state index is 12.5. The summed E-state index contributed by atoms with van der Waals surface area (Å²) in [5.41, 5.74) is 4.86. The van der Waals surface area contributed by atoms with E-state index < -0.39 is 0 Å². The van der Waals surface area contributed by atoms with E-state index in [4.69, 9.17) is 0 Å². The van der Waals surface area contributed by atoms with Crippen molar-refractivity contribution in [3.63, 3.8) is 0 Å². The molecule has 0 aromatic heterocycles. The van der Waals surface area contributed by atoms with Gasteiger partial charge < -0.3 is 15.5 Å². The van der Waals surface area contributed by atoms with Crippen LogP contribution in [-0.4, -0.2) is 56.3 Å². The van der Waals surface area contributed by atoms with Crippen LogP contribution >= 0.6 is 0 Å². The fourth-order valence-electron chi connectivity index (χ4n) is 3.32. The van der Waals surface area contributed by atoms with Crippen LogP contribution < -0.4 is 10.6 Å². The topological polar surface area (TPSA) is 56.7 Å². The monoisotopic (exact) mass is 356 g/mol. The smallest absolute Gasteiger partial charge is 0.251 e. The Morgan fingerprint density at radius 2 is 1.73 bits per heavy atom. The molecule has 1 heterocycles. The molecule has 26 heavy (non-hydrogen) atoms. The zero-order chi connectivity index (χ0) is 19.1. The minimum Gasteiger partial charge on any atom is -0.391 e. The number of aliphatic imine (C=N–C) groups is 1. The maximum Gasteiger partial charge on any atom is 0.251 e. The zero-order valence-corrected chi connectivity index (χ0v) is 16.7. The van der Waals surface area contributed by atoms with Crippen LogP contribution in [0, 0.1) is 0 Å². The third-order valence-corrected chi connectivity index (χ3v) is 5.31. The molecule has 0 spiro atoms. The Balaban J connectivity index is 2.03. The number of rotatable bonds is 6. The van der Waals surface area contributed by atoms with Gasteiger partial charge in [-0.25, -0.2) is 0 Å². The highest BCUT2D eigenvalue weighted by Gasteiger charge is 2.20. The molecule has 5 nitrogen and oxygen atoms in total.